The molecule has 0 saturated carbocycles. The van der Waals surface area contributed by atoms with Crippen molar-refractivity contribution < 1.29 is 9.53 Å². The zero-order valence-electron chi connectivity index (χ0n) is 17.9. The van der Waals surface area contributed by atoms with Gasteiger partial charge in [0.25, 0.3) is 11.5 Å². The molecule has 0 spiro atoms. The van der Waals surface area contributed by atoms with Gasteiger partial charge in [0.1, 0.15) is 5.75 Å². The minimum Gasteiger partial charge on any atom is -0.495 e. The Morgan fingerprint density at radius 2 is 1.76 bits per heavy atom. The SMILES string of the molecule is COc1ccc(-c2csc(NC(=O)c3nn(-c4ccccc4)c(=O)c4ccccc34)n2)cc1Cl. The first kappa shape index (κ1) is 21.8. The smallest absolute Gasteiger partial charge is 0.279 e. The van der Waals surface area contributed by atoms with Crippen molar-refractivity contribution in [3.05, 3.63) is 99.2 Å². The van der Waals surface area contributed by atoms with E-state index >= 15 is 0 Å². The lowest BCUT2D eigenvalue weighted by Gasteiger charge is -2.10. The van der Waals surface area contributed by atoms with Gasteiger partial charge in [0.15, 0.2) is 10.8 Å². The second-order valence-corrected chi connectivity index (χ2v) is 8.55. The Hall–Kier alpha value is -4.01. The van der Waals surface area contributed by atoms with Crippen LogP contribution in [-0.2, 0) is 0 Å². The Morgan fingerprint density at radius 1 is 1.03 bits per heavy atom. The minimum absolute atomic E-state index is 0.128. The molecule has 1 amide bonds. The molecule has 0 aliphatic heterocycles. The minimum atomic E-state index is -0.463. The number of rotatable bonds is 5. The summed E-state index contributed by atoms with van der Waals surface area (Å²) >= 11 is 7.51. The van der Waals surface area contributed by atoms with Gasteiger partial charge in [0.05, 0.1) is 28.9 Å². The fourth-order valence-electron chi connectivity index (χ4n) is 3.55. The van der Waals surface area contributed by atoms with E-state index in [2.05, 4.69) is 15.4 Å². The molecule has 2 aromatic heterocycles. The summed E-state index contributed by atoms with van der Waals surface area (Å²) in [7, 11) is 1.55. The van der Waals surface area contributed by atoms with E-state index in [9.17, 15) is 9.59 Å². The number of aromatic nitrogens is 3. The summed E-state index contributed by atoms with van der Waals surface area (Å²) in [5.74, 6) is 0.107. The molecule has 0 unspecified atom stereocenters. The largest absolute Gasteiger partial charge is 0.495 e. The van der Waals surface area contributed by atoms with Crippen LogP contribution in [0.25, 0.3) is 27.7 Å². The van der Waals surface area contributed by atoms with Crippen LogP contribution in [0.3, 0.4) is 0 Å². The summed E-state index contributed by atoms with van der Waals surface area (Å²) in [5, 5.41) is 10.8. The molecule has 0 fully saturated rings. The number of hydrogen-bond acceptors (Lipinski definition) is 6. The highest BCUT2D eigenvalue weighted by Crippen LogP contribution is 2.32. The average Bonchev–Trinajstić information content (AvgIpc) is 3.33. The number of nitrogens with zero attached hydrogens (tertiary/aromatic N) is 3. The summed E-state index contributed by atoms with van der Waals surface area (Å²) in [6.45, 7) is 0. The fraction of sp³-hybridized carbons (Fsp3) is 0.0400. The van der Waals surface area contributed by atoms with Crippen LogP contribution in [0.4, 0.5) is 5.13 Å². The van der Waals surface area contributed by atoms with Crippen LogP contribution < -0.4 is 15.6 Å². The normalized spacial score (nSPS) is 10.9. The summed E-state index contributed by atoms with van der Waals surface area (Å²) in [4.78, 5) is 30.8. The molecule has 3 aromatic carbocycles. The number of halogens is 1. The number of methoxy groups -OCH3 is 1. The van der Waals surface area contributed by atoms with Crippen LogP contribution in [0.5, 0.6) is 5.75 Å². The van der Waals surface area contributed by atoms with Crippen LogP contribution in [0.2, 0.25) is 5.02 Å². The van der Waals surface area contributed by atoms with E-state index in [4.69, 9.17) is 16.3 Å². The second-order valence-electron chi connectivity index (χ2n) is 7.29. The monoisotopic (exact) mass is 488 g/mol. The summed E-state index contributed by atoms with van der Waals surface area (Å²) < 4.78 is 6.43. The molecule has 2 heterocycles. The van der Waals surface area contributed by atoms with E-state index < -0.39 is 5.91 Å². The summed E-state index contributed by atoms with van der Waals surface area (Å²) in [6, 6.07) is 21.3. The predicted octanol–water partition coefficient (Wildman–Crippen LogP) is 5.42. The van der Waals surface area contributed by atoms with Crippen molar-refractivity contribution in [2.75, 3.05) is 12.4 Å². The zero-order chi connectivity index (χ0) is 23.7. The molecule has 1 N–H and O–H groups in total. The Labute approximate surface area is 203 Å². The first-order chi connectivity index (χ1) is 16.5. The van der Waals surface area contributed by atoms with Crippen LogP contribution in [0.1, 0.15) is 10.5 Å². The maximum absolute atomic E-state index is 13.2. The molecule has 34 heavy (non-hydrogen) atoms. The van der Waals surface area contributed by atoms with Crippen molar-refractivity contribution >= 4 is 44.7 Å². The lowest BCUT2D eigenvalue weighted by atomic mass is 10.1. The number of amides is 1. The first-order valence-electron chi connectivity index (χ1n) is 10.2. The van der Waals surface area contributed by atoms with E-state index in [1.165, 1.54) is 16.0 Å². The highest BCUT2D eigenvalue weighted by molar-refractivity contribution is 7.14. The van der Waals surface area contributed by atoms with Gasteiger partial charge < -0.3 is 4.74 Å². The molecule has 9 heteroatoms. The number of carbonyl (C=O) groups is 1. The van der Waals surface area contributed by atoms with E-state index in [1.54, 1.807) is 67.8 Å². The summed E-state index contributed by atoms with van der Waals surface area (Å²) in [6.07, 6.45) is 0. The van der Waals surface area contributed by atoms with Gasteiger partial charge in [-0.2, -0.15) is 9.78 Å². The maximum Gasteiger partial charge on any atom is 0.279 e. The van der Waals surface area contributed by atoms with Crippen molar-refractivity contribution in [3.8, 4) is 22.7 Å². The Bertz CT molecular complexity index is 1580. The van der Waals surface area contributed by atoms with Gasteiger partial charge in [-0.25, -0.2) is 4.98 Å². The Kier molecular flexibility index (Phi) is 5.83. The van der Waals surface area contributed by atoms with Crippen LogP contribution >= 0.6 is 22.9 Å². The van der Waals surface area contributed by atoms with Gasteiger partial charge in [0, 0.05) is 16.3 Å². The number of para-hydroxylation sites is 1. The third-order valence-electron chi connectivity index (χ3n) is 5.19. The third kappa shape index (κ3) is 4.05. The number of ether oxygens (including phenoxy) is 1. The van der Waals surface area contributed by atoms with Crippen LogP contribution in [-0.4, -0.2) is 27.8 Å². The molecular formula is C25H17ClN4O3S. The van der Waals surface area contributed by atoms with Gasteiger partial charge in [-0.15, -0.1) is 11.3 Å². The van der Waals surface area contributed by atoms with E-state index in [0.717, 1.165) is 5.56 Å². The number of fused-ring (bicyclic) bond motifs is 1. The highest BCUT2D eigenvalue weighted by Gasteiger charge is 2.19. The second kappa shape index (κ2) is 9.09. The first-order valence-corrected chi connectivity index (χ1v) is 11.5. The van der Waals surface area contributed by atoms with Crippen LogP contribution in [0.15, 0.2) is 83.0 Å². The Morgan fingerprint density at radius 3 is 2.50 bits per heavy atom. The highest BCUT2D eigenvalue weighted by atomic mass is 35.5. The maximum atomic E-state index is 13.2. The van der Waals surface area contributed by atoms with Crippen molar-refractivity contribution in [2.45, 2.75) is 0 Å². The van der Waals surface area contributed by atoms with Crippen molar-refractivity contribution in [1.82, 2.24) is 14.8 Å². The quantitative estimate of drug-likeness (QED) is 0.357. The van der Waals surface area contributed by atoms with Gasteiger partial charge in [-0.05, 0) is 36.4 Å². The fourth-order valence-corrected chi connectivity index (χ4v) is 4.52. The Balaban J connectivity index is 1.51. The molecule has 0 atom stereocenters. The van der Waals surface area contributed by atoms with E-state index in [-0.39, 0.29) is 11.3 Å². The molecule has 0 bridgehead atoms. The molecule has 0 saturated heterocycles. The summed E-state index contributed by atoms with van der Waals surface area (Å²) in [5.41, 5.74) is 1.86. The van der Waals surface area contributed by atoms with Crippen molar-refractivity contribution in [1.29, 1.82) is 0 Å². The standard InChI is InChI=1S/C25H17ClN4O3S/c1-33-21-12-11-15(13-19(21)26)20-14-34-25(27-20)28-23(31)22-17-9-5-6-10-18(17)24(32)30(29-22)16-7-3-2-4-8-16/h2-14H,1H3,(H,27,28,31). The zero-order valence-corrected chi connectivity index (χ0v) is 19.4. The predicted molar refractivity (Wildman–Crippen MR) is 134 cm³/mol. The van der Waals surface area contributed by atoms with Gasteiger partial charge in [0.2, 0.25) is 0 Å². The lowest BCUT2D eigenvalue weighted by molar-refractivity contribution is 0.102. The number of nitrogens with one attached hydrogen (secondary N) is 1. The molecule has 0 aliphatic rings. The molecule has 5 rings (SSSR count). The number of hydrogen-bond donors (Lipinski definition) is 1. The van der Waals surface area contributed by atoms with E-state index in [1.807, 2.05) is 17.5 Å². The number of thiazole rings is 1. The van der Waals surface area contributed by atoms with Crippen molar-refractivity contribution in [2.24, 2.45) is 0 Å². The molecule has 5 aromatic rings. The van der Waals surface area contributed by atoms with Crippen LogP contribution in [0, 0.1) is 0 Å². The van der Waals surface area contributed by atoms with Gasteiger partial charge in [-0.3, -0.25) is 14.9 Å². The lowest BCUT2D eigenvalue weighted by Crippen LogP contribution is -2.26. The van der Waals surface area contributed by atoms with E-state index in [0.29, 0.717) is 38.1 Å². The molecule has 168 valence electrons. The molecule has 0 aliphatic carbocycles. The van der Waals surface area contributed by atoms with Crippen molar-refractivity contribution in [3.63, 3.8) is 0 Å². The number of carbonyl (C=O) groups excluding carboxylic acids is 1. The number of benzene rings is 3. The third-order valence-corrected chi connectivity index (χ3v) is 6.25. The number of anilines is 1. The molecule has 7 nitrogen and oxygen atoms in total. The topological polar surface area (TPSA) is 86.1 Å². The molecule has 0 radical (unpaired) electrons. The van der Waals surface area contributed by atoms with Gasteiger partial charge >= 0.3 is 0 Å². The molecular weight excluding hydrogens is 472 g/mol. The average molecular weight is 489 g/mol. The van der Waals surface area contributed by atoms with Gasteiger partial charge in [-0.1, -0.05) is 48.0 Å².